The first-order chi connectivity index (χ1) is 12.2. The number of aliphatic carboxylic acids is 1. The van der Waals surface area contributed by atoms with Gasteiger partial charge < -0.3 is 10.2 Å². The molecule has 0 aliphatic heterocycles. The van der Waals surface area contributed by atoms with Crippen molar-refractivity contribution in [2.45, 2.75) is 58.0 Å². The fraction of sp³-hybridized carbons (Fsp3) is 0.409. The lowest BCUT2D eigenvalue weighted by molar-refractivity contribution is -0.136. The molecule has 2 N–H and O–H groups in total. The highest BCUT2D eigenvalue weighted by atomic mass is 16.4. The van der Waals surface area contributed by atoms with Crippen molar-refractivity contribution in [3.63, 3.8) is 0 Å². The average Bonchev–Trinajstić information content (AvgIpc) is 2.58. The molecule has 0 heterocycles. The Morgan fingerprint density at radius 1 is 0.840 bits per heavy atom. The van der Waals surface area contributed by atoms with E-state index in [9.17, 15) is 9.90 Å². The summed E-state index contributed by atoms with van der Waals surface area (Å²) >= 11 is 0. The summed E-state index contributed by atoms with van der Waals surface area (Å²) in [6.45, 7) is 2.13. The molecular formula is C22H32O3. The van der Waals surface area contributed by atoms with Crippen molar-refractivity contribution < 1.29 is 15.0 Å². The van der Waals surface area contributed by atoms with E-state index >= 15 is 0 Å². The third-order valence-electron chi connectivity index (χ3n) is 3.20. The fourth-order valence-corrected chi connectivity index (χ4v) is 1.87. The molecule has 0 fully saturated rings. The molecule has 0 aromatic carbocycles. The van der Waals surface area contributed by atoms with Crippen molar-refractivity contribution in [3.8, 4) is 0 Å². The first-order valence-corrected chi connectivity index (χ1v) is 9.00. The maximum Gasteiger partial charge on any atom is 0.303 e. The van der Waals surface area contributed by atoms with E-state index in [0.29, 0.717) is 12.8 Å². The monoisotopic (exact) mass is 344 g/mol. The van der Waals surface area contributed by atoms with Crippen LogP contribution in [0.25, 0.3) is 0 Å². The highest BCUT2D eigenvalue weighted by Crippen LogP contribution is 1.99. The topological polar surface area (TPSA) is 57.5 Å². The number of hydrogen-bond acceptors (Lipinski definition) is 2. The number of rotatable bonds is 14. The molecule has 0 saturated carbocycles. The van der Waals surface area contributed by atoms with Crippen LogP contribution in [0.3, 0.4) is 0 Å². The maximum absolute atomic E-state index is 10.3. The lowest BCUT2D eigenvalue weighted by Gasteiger charge is -1.98. The van der Waals surface area contributed by atoms with Crippen LogP contribution < -0.4 is 0 Å². The quantitative estimate of drug-likeness (QED) is 0.322. The molecule has 25 heavy (non-hydrogen) atoms. The zero-order chi connectivity index (χ0) is 18.6. The lowest BCUT2D eigenvalue weighted by Crippen LogP contribution is -1.98. The van der Waals surface area contributed by atoms with Crippen LogP contribution in [-0.2, 0) is 4.79 Å². The van der Waals surface area contributed by atoms with Gasteiger partial charge >= 0.3 is 5.97 Å². The Morgan fingerprint density at radius 2 is 1.40 bits per heavy atom. The molecule has 0 aromatic heterocycles. The van der Waals surface area contributed by atoms with Crippen molar-refractivity contribution in [2.24, 2.45) is 0 Å². The minimum atomic E-state index is -0.798. The smallest absolute Gasteiger partial charge is 0.303 e. The van der Waals surface area contributed by atoms with Gasteiger partial charge in [-0.25, -0.2) is 0 Å². The Kier molecular flexibility index (Phi) is 16.7. The average molecular weight is 344 g/mol. The number of carboxylic acid groups (broad SMARTS) is 1. The minimum Gasteiger partial charge on any atom is -0.481 e. The number of aliphatic hydroxyl groups is 1. The van der Waals surface area contributed by atoms with Crippen LogP contribution >= 0.6 is 0 Å². The normalized spacial score (nSPS) is 14.3. The molecule has 0 saturated heterocycles. The van der Waals surface area contributed by atoms with E-state index in [1.807, 2.05) is 12.2 Å². The summed E-state index contributed by atoms with van der Waals surface area (Å²) < 4.78 is 0. The van der Waals surface area contributed by atoms with E-state index in [1.165, 1.54) is 0 Å². The van der Waals surface area contributed by atoms with Gasteiger partial charge in [-0.2, -0.15) is 0 Å². The van der Waals surface area contributed by atoms with Crippen LogP contribution in [0.15, 0.2) is 72.9 Å². The van der Waals surface area contributed by atoms with E-state index in [0.717, 1.165) is 25.7 Å². The van der Waals surface area contributed by atoms with Crippen LogP contribution in [0, 0.1) is 0 Å². The molecule has 0 bridgehead atoms. The summed E-state index contributed by atoms with van der Waals surface area (Å²) in [5.74, 6) is -0.798. The van der Waals surface area contributed by atoms with E-state index < -0.39 is 12.1 Å². The molecule has 0 spiro atoms. The summed E-state index contributed by atoms with van der Waals surface area (Å²) in [5.41, 5.74) is 0. The van der Waals surface area contributed by atoms with E-state index in [2.05, 4.69) is 43.4 Å². The summed E-state index contributed by atoms with van der Waals surface area (Å²) in [5, 5.41) is 18.2. The van der Waals surface area contributed by atoms with Crippen LogP contribution in [0.5, 0.6) is 0 Å². The fourth-order valence-electron chi connectivity index (χ4n) is 1.87. The second-order valence-corrected chi connectivity index (χ2v) is 5.55. The molecule has 0 aliphatic carbocycles. The van der Waals surface area contributed by atoms with Gasteiger partial charge in [-0.15, -0.1) is 0 Å². The zero-order valence-electron chi connectivity index (χ0n) is 15.3. The first-order valence-electron chi connectivity index (χ1n) is 9.00. The highest BCUT2D eigenvalue weighted by Gasteiger charge is 1.93. The van der Waals surface area contributed by atoms with Gasteiger partial charge in [0.2, 0.25) is 0 Å². The van der Waals surface area contributed by atoms with Crippen molar-refractivity contribution in [1.29, 1.82) is 0 Å². The molecular weight excluding hydrogens is 312 g/mol. The molecule has 0 rings (SSSR count). The predicted octanol–water partition coefficient (Wildman–Crippen LogP) is 5.52. The zero-order valence-corrected chi connectivity index (χ0v) is 15.3. The SMILES string of the molecule is CC/C=C\C/C=C\C/C=C\C/C=C\CC(O)/C=C/C=C/CCC(=O)O. The van der Waals surface area contributed by atoms with Gasteiger partial charge in [0.25, 0.3) is 0 Å². The molecule has 3 nitrogen and oxygen atoms in total. The van der Waals surface area contributed by atoms with Crippen LogP contribution in [0.4, 0.5) is 0 Å². The third kappa shape index (κ3) is 19.8. The largest absolute Gasteiger partial charge is 0.481 e. The Hall–Kier alpha value is -2.13. The van der Waals surface area contributed by atoms with Crippen molar-refractivity contribution in [3.05, 3.63) is 72.9 Å². The highest BCUT2D eigenvalue weighted by molar-refractivity contribution is 5.66. The number of carboxylic acids is 1. The van der Waals surface area contributed by atoms with Crippen molar-refractivity contribution in [2.75, 3.05) is 0 Å². The number of aliphatic hydroxyl groups excluding tert-OH is 1. The van der Waals surface area contributed by atoms with Gasteiger partial charge in [-0.3, -0.25) is 4.79 Å². The van der Waals surface area contributed by atoms with Crippen LogP contribution in [0.2, 0.25) is 0 Å². The van der Waals surface area contributed by atoms with Gasteiger partial charge in [0.15, 0.2) is 0 Å². The van der Waals surface area contributed by atoms with Gasteiger partial charge in [0.1, 0.15) is 0 Å². The van der Waals surface area contributed by atoms with E-state index in [-0.39, 0.29) is 6.42 Å². The van der Waals surface area contributed by atoms with Gasteiger partial charge in [-0.05, 0) is 38.5 Å². The Bertz CT molecular complexity index is 493. The summed E-state index contributed by atoms with van der Waals surface area (Å²) in [6, 6.07) is 0. The molecule has 1 unspecified atom stereocenters. The van der Waals surface area contributed by atoms with Crippen molar-refractivity contribution >= 4 is 5.97 Å². The molecule has 138 valence electrons. The molecule has 0 aromatic rings. The number of hydrogen-bond donors (Lipinski definition) is 2. The standard InChI is InChI=1S/C22H32O3/c1-2-3-4-5-6-7-8-9-10-11-12-15-18-21(23)19-16-13-14-17-20-22(24)25/h3-4,6-7,9-10,12-16,19,21,23H,2,5,8,11,17-18,20H2,1H3,(H,24,25)/b4-3-,7-6-,10-9-,14-13+,15-12-,19-16+. The molecule has 3 heteroatoms. The summed E-state index contributed by atoms with van der Waals surface area (Å²) in [4.78, 5) is 10.3. The molecule has 1 atom stereocenters. The minimum absolute atomic E-state index is 0.134. The van der Waals surface area contributed by atoms with E-state index in [1.54, 1.807) is 24.3 Å². The van der Waals surface area contributed by atoms with Crippen LogP contribution in [0.1, 0.15) is 51.9 Å². The summed E-state index contributed by atoms with van der Waals surface area (Å²) in [7, 11) is 0. The lowest BCUT2D eigenvalue weighted by atomic mass is 10.2. The second-order valence-electron chi connectivity index (χ2n) is 5.55. The first kappa shape index (κ1) is 22.9. The second kappa shape index (κ2) is 18.2. The molecule has 0 radical (unpaired) electrons. The maximum atomic E-state index is 10.3. The Labute approximate surface area is 152 Å². The predicted molar refractivity (Wildman–Crippen MR) is 106 cm³/mol. The molecule has 0 amide bonds. The number of carbonyl (C=O) groups is 1. The third-order valence-corrected chi connectivity index (χ3v) is 3.20. The Balaban J connectivity index is 3.70. The van der Waals surface area contributed by atoms with Gasteiger partial charge in [0.05, 0.1) is 6.10 Å². The van der Waals surface area contributed by atoms with Crippen molar-refractivity contribution in [1.82, 2.24) is 0 Å². The van der Waals surface area contributed by atoms with Gasteiger partial charge in [0, 0.05) is 6.42 Å². The van der Waals surface area contributed by atoms with Crippen LogP contribution in [-0.4, -0.2) is 22.3 Å². The Morgan fingerprint density at radius 3 is 1.96 bits per heavy atom. The van der Waals surface area contributed by atoms with E-state index in [4.69, 9.17) is 5.11 Å². The molecule has 0 aliphatic rings. The van der Waals surface area contributed by atoms with Gasteiger partial charge in [-0.1, -0.05) is 79.8 Å². The summed E-state index contributed by atoms with van der Waals surface area (Å²) in [6.07, 6.45) is 28.6. The number of allylic oxidation sites excluding steroid dienone is 10.